The second-order valence-corrected chi connectivity index (χ2v) is 8.32. The van der Waals surface area contributed by atoms with E-state index in [0.29, 0.717) is 6.42 Å². The number of nitrogens with zero attached hydrogens (tertiary/aromatic N) is 2. The first-order valence-corrected chi connectivity index (χ1v) is 10.3. The lowest BCUT2D eigenvalue weighted by molar-refractivity contribution is 0.0455. The number of nitrogens with two attached hydrogens (primary N) is 1. The number of rotatable bonds is 6. The van der Waals surface area contributed by atoms with Gasteiger partial charge in [-0.15, -0.1) is 0 Å². The summed E-state index contributed by atoms with van der Waals surface area (Å²) >= 11 is 11.7. The zero-order valence-corrected chi connectivity index (χ0v) is 18.7. The molecule has 1 aromatic carbocycles. The first-order valence-electron chi connectivity index (χ1n) is 8.93. The predicted octanol–water partition coefficient (Wildman–Crippen LogP) is 5.19. The molecule has 0 radical (unpaired) electrons. The van der Waals surface area contributed by atoms with Crippen LogP contribution in [0.25, 0.3) is 11.3 Å². The Morgan fingerprint density at radius 1 is 1.31 bits per heavy atom. The molecule has 3 rings (SSSR count). The molecule has 0 bridgehead atoms. The molecule has 1 aliphatic rings. The summed E-state index contributed by atoms with van der Waals surface area (Å²) in [6.45, 7) is -1.15. The number of nitrogen functional groups attached to an aromatic ring is 1. The van der Waals surface area contributed by atoms with E-state index in [-0.39, 0.29) is 39.4 Å². The zero-order chi connectivity index (χ0) is 23.6. The molecule has 1 aliphatic carbocycles. The summed E-state index contributed by atoms with van der Waals surface area (Å²) in [5.41, 5.74) is 1.21. The third kappa shape index (κ3) is 5.68. The quantitative estimate of drug-likeness (QED) is 0.413. The van der Waals surface area contributed by atoms with Gasteiger partial charge in [0.2, 0.25) is 0 Å². The highest BCUT2D eigenvalue weighted by atomic mass is 35.5. The average molecular weight is 509 g/mol. The minimum atomic E-state index is -3.34. The summed E-state index contributed by atoms with van der Waals surface area (Å²) < 4.78 is 60.8. The Morgan fingerprint density at radius 3 is 2.66 bits per heavy atom. The van der Waals surface area contributed by atoms with Crippen molar-refractivity contribution in [2.24, 2.45) is 0 Å². The molecule has 0 saturated heterocycles. The molecule has 1 aromatic heterocycles. The largest absolute Gasteiger partial charge is 0.486 e. The molecule has 0 aliphatic heterocycles. The van der Waals surface area contributed by atoms with E-state index >= 15 is 0 Å². The van der Waals surface area contributed by atoms with E-state index in [1.165, 1.54) is 15.3 Å². The normalized spacial score (nSPS) is 14.3. The maximum absolute atomic E-state index is 14.9. The van der Waals surface area contributed by atoms with Crippen molar-refractivity contribution in [1.29, 1.82) is 0 Å². The Hall–Kier alpha value is -2.42. The lowest BCUT2D eigenvalue weighted by Gasteiger charge is -2.18. The number of alkyl halides is 2. The van der Waals surface area contributed by atoms with Gasteiger partial charge in [-0.3, -0.25) is 4.79 Å². The van der Waals surface area contributed by atoms with Crippen LogP contribution in [0.5, 0.6) is 5.75 Å². The Balaban J connectivity index is 2.05. The number of amides is 1. The van der Waals surface area contributed by atoms with Crippen LogP contribution in [0.1, 0.15) is 23.2 Å². The van der Waals surface area contributed by atoms with Gasteiger partial charge in [0.25, 0.3) is 11.6 Å². The fourth-order valence-electron chi connectivity index (χ4n) is 2.78. The summed E-state index contributed by atoms with van der Waals surface area (Å²) in [5.74, 6) is -3.43. The molecule has 1 heterocycles. The lowest BCUT2D eigenvalue weighted by atomic mass is 10.0. The van der Waals surface area contributed by atoms with Crippen molar-refractivity contribution in [3.63, 3.8) is 0 Å². The van der Waals surface area contributed by atoms with Gasteiger partial charge in [-0.05, 0) is 31.1 Å². The number of aromatic nitrogens is 2. The van der Waals surface area contributed by atoms with E-state index in [1.807, 2.05) is 0 Å². The molecule has 13 heteroatoms. The van der Waals surface area contributed by atoms with Gasteiger partial charge in [-0.25, -0.2) is 18.7 Å². The van der Waals surface area contributed by atoms with E-state index in [9.17, 15) is 22.4 Å². The third-order valence-electron chi connectivity index (χ3n) is 4.20. The number of benzene rings is 1. The monoisotopic (exact) mass is 508 g/mol. The molecule has 32 heavy (non-hydrogen) atoms. The Kier molecular flexibility index (Phi) is 7.27. The smallest absolute Gasteiger partial charge is 0.291 e. The molecule has 2 aromatic rings. The van der Waals surface area contributed by atoms with Gasteiger partial charge in [-0.2, -0.15) is 8.78 Å². The molecule has 1 atom stereocenters. The van der Waals surface area contributed by atoms with Crippen LogP contribution in [0.15, 0.2) is 41.0 Å². The first-order chi connectivity index (χ1) is 15.0. The summed E-state index contributed by atoms with van der Waals surface area (Å²) in [4.78, 5) is 20.4. The van der Waals surface area contributed by atoms with Gasteiger partial charge in [0.05, 0.1) is 17.5 Å². The second kappa shape index (κ2) is 9.60. The summed E-state index contributed by atoms with van der Waals surface area (Å²) in [6, 6.07) is 1.70. The van der Waals surface area contributed by atoms with Crippen LogP contribution in [0.2, 0.25) is 5.15 Å². The fraction of sp³-hybridized carbons (Fsp3) is 0.211. The zero-order valence-electron chi connectivity index (χ0n) is 16.1. The van der Waals surface area contributed by atoms with Gasteiger partial charge < -0.3 is 15.8 Å². The van der Waals surface area contributed by atoms with Crippen LogP contribution in [-0.4, -0.2) is 28.1 Å². The number of halogens is 6. The lowest BCUT2D eigenvalue weighted by Crippen LogP contribution is -2.26. The van der Waals surface area contributed by atoms with Crippen molar-refractivity contribution < 1.29 is 27.1 Å². The standard InChI is InChI=1S/C19H15Cl2F4N4O2P/c20-10-2-1-3-11(22)16(10)29-18(30)9-4-12(23)8(5-13(9)31-7-19(24,25)32)15-17(26)28-14(21)6-27-15/h3-6H,1-2,7,32H2,(H2,26,28)(H,29,30). The number of hydrogen-bond acceptors (Lipinski definition) is 5. The number of nitrogens with one attached hydrogen (secondary N) is 1. The summed E-state index contributed by atoms with van der Waals surface area (Å²) in [6.07, 6.45) is 2.96. The van der Waals surface area contributed by atoms with Gasteiger partial charge in [-0.1, -0.05) is 32.4 Å². The third-order valence-corrected chi connectivity index (χ3v) is 4.92. The minimum absolute atomic E-state index is 0.0468. The number of ether oxygens (including phenoxy) is 1. The van der Waals surface area contributed by atoms with Crippen molar-refractivity contribution in [1.82, 2.24) is 15.3 Å². The van der Waals surface area contributed by atoms with Crippen LogP contribution in [0, 0.1) is 5.82 Å². The van der Waals surface area contributed by atoms with Crippen molar-refractivity contribution in [3.05, 3.63) is 57.5 Å². The summed E-state index contributed by atoms with van der Waals surface area (Å²) in [7, 11) is 1.28. The first kappa shape index (κ1) is 24.2. The van der Waals surface area contributed by atoms with Crippen molar-refractivity contribution in [3.8, 4) is 17.0 Å². The van der Waals surface area contributed by atoms with E-state index in [2.05, 4.69) is 15.3 Å². The van der Waals surface area contributed by atoms with E-state index in [4.69, 9.17) is 33.7 Å². The number of allylic oxidation sites excluding steroid dienone is 3. The number of anilines is 1. The van der Waals surface area contributed by atoms with Crippen molar-refractivity contribution in [2.75, 3.05) is 12.3 Å². The second-order valence-electron chi connectivity index (χ2n) is 6.63. The molecule has 3 N–H and O–H groups in total. The van der Waals surface area contributed by atoms with Gasteiger partial charge in [0, 0.05) is 10.6 Å². The van der Waals surface area contributed by atoms with Crippen LogP contribution in [-0.2, 0) is 0 Å². The van der Waals surface area contributed by atoms with E-state index in [0.717, 1.165) is 18.3 Å². The molecular weight excluding hydrogens is 494 g/mol. The predicted molar refractivity (Wildman–Crippen MR) is 116 cm³/mol. The Labute approximate surface area is 192 Å². The SMILES string of the molecule is Nc1nc(Cl)cnc1-c1cc(OCC(F)(F)P)c(C(=O)NC2=C(Cl)CCC=C2F)cc1F. The van der Waals surface area contributed by atoms with E-state index in [1.54, 1.807) is 0 Å². The maximum atomic E-state index is 14.9. The van der Waals surface area contributed by atoms with Crippen molar-refractivity contribution >= 4 is 44.2 Å². The van der Waals surface area contributed by atoms with Crippen LogP contribution in [0.3, 0.4) is 0 Å². The molecule has 1 amide bonds. The highest BCUT2D eigenvalue weighted by molar-refractivity contribution is 7.18. The minimum Gasteiger partial charge on any atom is -0.486 e. The molecule has 0 saturated carbocycles. The average Bonchev–Trinajstić information content (AvgIpc) is 2.69. The van der Waals surface area contributed by atoms with Crippen molar-refractivity contribution in [2.45, 2.75) is 18.5 Å². The number of hydrogen-bond donors (Lipinski definition) is 2. The molecular formula is C19H15Cl2F4N4O2P. The molecule has 1 unspecified atom stereocenters. The molecule has 6 nitrogen and oxygen atoms in total. The summed E-state index contributed by atoms with van der Waals surface area (Å²) in [5, 5.41) is 2.24. The highest BCUT2D eigenvalue weighted by Crippen LogP contribution is 2.34. The number of carbonyl (C=O) groups excluding carboxylic acids is 1. The Morgan fingerprint density at radius 2 is 2.03 bits per heavy atom. The van der Waals surface area contributed by atoms with Gasteiger partial charge >= 0.3 is 0 Å². The number of carbonyl (C=O) groups is 1. The highest BCUT2D eigenvalue weighted by Gasteiger charge is 2.27. The van der Waals surface area contributed by atoms with Crippen LogP contribution >= 0.6 is 32.4 Å². The van der Waals surface area contributed by atoms with Gasteiger partial charge in [0.15, 0.2) is 12.4 Å². The Bertz CT molecular complexity index is 1140. The van der Waals surface area contributed by atoms with Crippen LogP contribution < -0.4 is 15.8 Å². The molecule has 0 spiro atoms. The fourth-order valence-corrected chi connectivity index (χ4v) is 3.25. The topological polar surface area (TPSA) is 90.1 Å². The van der Waals surface area contributed by atoms with Crippen LogP contribution in [0.4, 0.5) is 23.4 Å². The molecule has 0 fully saturated rings. The van der Waals surface area contributed by atoms with E-state index < -0.39 is 41.1 Å². The molecule has 170 valence electrons. The maximum Gasteiger partial charge on any atom is 0.291 e. The van der Waals surface area contributed by atoms with Gasteiger partial charge in [0.1, 0.15) is 28.2 Å².